The van der Waals surface area contributed by atoms with E-state index in [9.17, 15) is 0 Å². The van der Waals surface area contributed by atoms with Crippen molar-refractivity contribution in [2.24, 2.45) is 17.2 Å². The van der Waals surface area contributed by atoms with Crippen LogP contribution in [-0.4, -0.2) is 18.7 Å². The normalized spacial score (nSPS) is 13.6. The van der Waals surface area contributed by atoms with Crippen LogP contribution in [-0.2, 0) is 0 Å². The molecule has 2 rings (SSSR count). The lowest BCUT2D eigenvalue weighted by Crippen LogP contribution is -2.96. The molecule has 1 aromatic carbocycles. The van der Waals surface area contributed by atoms with Crippen LogP contribution in [0.3, 0.4) is 0 Å². The van der Waals surface area contributed by atoms with Gasteiger partial charge in [-0.15, -0.1) is 0 Å². The average Bonchev–Trinajstić information content (AvgIpc) is 2.63. The summed E-state index contributed by atoms with van der Waals surface area (Å²) < 4.78 is 10.4. The van der Waals surface area contributed by atoms with Gasteiger partial charge in [0.25, 0.3) is 0 Å². The van der Waals surface area contributed by atoms with E-state index in [0.29, 0.717) is 11.5 Å². The highest BCUT2D eigenvalue weighted by atomic mass is 16.7. The molecule has 7 heteroatoms. The van der Waals surface area contributed by atoms with E-state index in [1.807, 2.05) is 0 Å². The SMILES string of the molecule is NC(N)=[NH+]C(N)=[NH+]c1ccc2c(c1)OCO2. The standard InChI is InChI=1S/C9H11N5O2/c10-8(11)14-9(12)13-5-1-2-6-7(3-5)16-4-15-6/h1-3H,4H2,(H6,10,11,12,13,14)/p+2. The quantitative estimate of drug-likeness (QED) is 0.244. The first-order chi connectivity index (χ1) is 7.65. The van der Waals surface area contributed by atoms with Gasteiger partial charge in [-0.2, -0.15) is 4.99 Å². The summed E-state index contributed by atoms with van der Waals surface area (Å²) in [5.41, 5.74) is 16.8. The Balaban J connectivity index is 2.26. The van der Waals surface area contributed by atoms with Gasteiger partial charge in [-0.05, 0) is 12.1 Å². The van der Waals surface area contributed by atoms with Gasteiger partial charge in [-0.25, -0.2) is 4.99 Å². The van der Waals surface area contributed by atoms with Gasteiger partial charge in [0.1, 0.15) is 5.69 Å². The fourth-order valence-corrected chi connectivity index (χ4v) is 1.32. The van der Waals surface area contributed by atoms with Crippen LogP contribution in [0.5, 0.6) is 11.5 Å². The number of nitrogens with two attached hydrogens (primary N) is 3. The average molecular weight is 223 g/mol. The Morgan fingerprint density at radius 1 is 1.12 bits per heavy atom. The van der Waals surface area contributed by atoms with Crippen molar-refractivity contribution in [3.63, 3.8) is 0 Å². The molecule has 1 aliphatic heterocycles. The summed E-state index contributed by atoms with van der Waals surface area (Å²) in [4.78, 5) is 5.41. The van der Waals surface area contributed by atoms with E-state index in [1.165, 1.54) is 0 Å². The van der Waals surface area contributed by atoms with Crippen molar-refractivity contribution in [2.75, 3.05) is 6.79 Å². The second kappa shape index (κ2) is 3.97. The van der Waals surface area contributed by atoms with E-state index in [4.69, 9.17) is 26.7 Å². The molecule has 0 spiro atoms. The molecule has 0 saturated heterocycles. The van der Waals surface area contributed by atoms with Gasteiger partial charge < -0.3 is 9.47 Å². The largest absolute Gasteiger partial charge is 0.454 e. The molecule has 0 aromatic heterocycles. The second-order valence-corrected chi connectivity index (χ2v) is 3.19. The highest BCUT2D eigenvalue weighted by Crippen LogP contribution is 2.32. The molecule has 0 atom stereocenters. The predicted molar refractivity (Wildman–Crippen MR) is 56.7 cm³/mol. The molecule has 0 aliphatic carbocycles. The molecule has 1 aliphatic rings. The van der Waals surface area contributed by atoms with Crippen LogP contribution in [0.1, 0.15) is 0 Å². The molecule has 0 fully saturated rings. The number of fused-ring (bicyclic) bond motifs is 1. The summed E-state index contributed by atoms with van der Waals surface area (Å²) >= 11 is 0. The number of hydrogen-bond donors (Lipinski definition) is 5. The van der Waals surface area contributed by atoms with Crippen molar-refractivity contribution in [3.05, 3.63) is 18.2 Å². The molecular formula is C9H13N5O2+2. The molecule has 8 N–H and O–H groups in total. The first kappa shape index (κ1) is 10.1. The van der Waals surface area contributed by atoms with E-state index < -0.39 is 0 Å². The minimum Gasteiger partial charge on any atom is -0.454 e. The van der Waals surface area contributed by atoms with Gasteiger partial charge in [0.05, 0.1) is 0 Å². The summed E-state index contributed by atoms with van der Waals surface area (Å²) in [6, 6.07) is 5.35. The fourth-order valence-electron chi connectivity index (χ4n) is 1.32. The summed E-state index contributed by atoms with van der Waals surface area (Å²) in [5.74, 6) is 1.63. The van der Waals surface area contributed by atoms with Crippen LogP contribution in [0, 0.1) is 0 Å². The maximum absolute atomic E-state index is 5.59. The van der Waals surface area contributed by atoms with Crippen molar-refractivity contribution >= 4 is 17.6 Å². The smallest absolute Gasteiger partial charge is 0.390 e. The lowest BCUT2D eigenvalue weighted by atomic mass is 10.3. The Morgan fingerprint density at radius 3 is 2.62 bits per heavy atom. The molecule has 1 aromatic rings. The van der Waals surface area contributed by atoms with Crippen molar-refractivity contribution in [3.8, 4) is 11.5 Å². The number of ether oxygens (including phenoxy) is 2. The Morgan fingerprint density at radius 2 is 1.88 bits per heavy atom. The number of guanidine groups is 2. The van der Waals surface area contributed by atoms with Crippen LogP contribution in [0.4, 0.5) is 5.69 Å². The Hall–Kier alpha value is -2.44. The molecular weight excluding hydrogens is 210 g/mol. The third-order valence-corrected chi connectivity index (χ3v) is 1.93. The zero-order valence-corrected chi connectivity index (χ0v) is 8.49. The number of hydrogen-bond acceptors (Lipinski definition) is 2. The van der Waals surface area contributed by atoms with E-state index >= 15 is 0 Å². The van der Waals surface area contributed by atoms with Gasteiger partial charge in [-0.1, -0.05) is 0 Å². The van der Waals surface area contributed by atoms with Gasteiger partial charge in [0, 0.05) is 6.07 Å². The Labute approximate surface area is 91.6 Å². The van der Waals surface area contributed by atoms with Crippen molar-refractivity contribution in [2.45, 2.75) is 0 Å². The van der Waals surface area contributed by atoms with Gasteiger partial charge in [0.2, 0.25) is 6.79 Å². The summed E-state index contributed by atoms with van der Waals surface area (Å²) in [6.07, 6.45) is 0. The van der Waals surface area contributed by atoms with E-state index in [-0.39, 0.29) is 18.7 Å². The maximum atomic E-state index is 5.59. The number of rotatable bonds is 1. The Bertz CT molecular complexity index is 465. The van der Waals surface area contributed by atoms with Crippen LogP contribution in [0.15, 0.2) is 18.2 Å². The summed E-state index contributed by atoms with van der Waals surface area (Å²) in [7, 11) is 0. The minimum absolute atomic E-state index is 0.0192. The Kier molecular flexibility index (Phi) is 2.50. The van der Waals surface area contributed by atoms with E-state index in [0.717, 1.165) is 5.69 Å². The summed E-state index contributed by atoms with van der Waals surface area (Å²) in [6.45, 7) is 0.236. The van der Waals surface area contributed by atoms with Crippen LogP contribution in [0.25, 0.3) is 0 Å². The molecule has 1 heterocycles. The zero-order chi connectivity index (χ0) is 11.5. The lowest BCUT2D eigenvalue weighted by molar-refractivity contribution is -0.459. The molecule has 0 unspecified atom stereocenters. The molecule has 7 nitrogen and oxygen atoms in total. The first-order valence-electron chi connectivity index (χ1n) is 4.59. The summed E-state index contributed by atoms with van der Waals surface area (Å²) in [5, 5.41) is 0. The number of nitrogens with one attached hydrogen (secondary N) is 2. The highest BCUT2D eigenvalue weighted by Gasteiger charge is 2.13. The van der Waals surface area contributed by atoms with E-state index in [1.54, 1.807) is 18.2 Å². The lowest BCUT2D eigenvalue weighted by Gasteiger charge is -1.95. The highest BCUT2D eigenvalue weighted by molar-refractivity contribution is 5.76. The number of benzene rings is 1. The van der Waals surface area contributed by atoms with Crippen molar-refractivity contribution < 1.29 is 19.5 Å². The topological polar surface area (TPSA) is 124 Å². The molecule has 0 amide bonds. The van der Waals surface area contributed by atoms with Crippen molar-refractivity contribution in [1.29, 1.82) is 0 Å². The maximum Gasteiger partial charge on any atom is 0.390 e. The monoisotopic (exact) mass is 223 g/mol. The molecule has 16 heavy (non-hydrogen) atoms. The van der Waals surface area contributed by atoms with Crippen LogP contribution in [0.2, 0.25) is 0 Å². The molecule has 84 valence electrons. The second-order valence-electron chi connectivity index (χ2n) is 3.19. The third kappa shape index (κ3) is 2.14. The van der Waals surface area contributed by atoms with E-state index in [2.05, 4.69) is 9.98 Å². The van der Waals surface area contributed by atoms with Gasteiger partial charge in [-0.3, -0.25) is 17.2 Å². The van der Waals surface area contributed by atoms with Crippen molar-refractivity contribution in [1.82, 2.24) is 0 Å². The molecule has 0 saturated carbocycles. The van der Waals surface area contributed by atoms with Crippen LogP contribution >= 0.6 is 0 Å². The predicted octanol–water partition coefficient (Wildman–Crippen LogP) is -4.20. The van der Waals surface area contributed by atoms with Crippen LogP contribution < -0.4 is 36.7 Å². The molecule has 0 radical (unpaired) electrons. The first-order valence-corrected chi connectivity index (χ1v) is 4.59. The van der Waals surface area contributed by atoms with Gasteiger partial charge >= 0.3 is 11.9 Å². The fraction of sp³-hybridized carbons (Fsp3) is 0.111. The molecule has 0 bridgehead atoms. The minimum atomic E-state index is 0.0192. The zero-order valence-electron chi connectivity index (χ0n) is 8.49. The van der Waals surface area contributed by atoms with Gasteiger partial charge in [0.15, 0.2) is 11.5 Å². The third-order valence-electron chi connectivity index (χ3n) is 1.93.